The maximum Gasteiger partial charge on any atom is 0.387 e. The Balaban J connectivity index is 1.73. The number of nitrogens with one attached hydrogen (secondary N) is 2. The first-order valence-electron chi connectivity index (χ1n) is 7.25. The highest BCUT2D eigenvalue weighted by atomic mass is 19.3. The number of ether oxygens (including phenoxy) is 1. The number of imide groups is 1. The van der Waals surface area contributed by atoms with Crippen molar-refractivity contribution in [2.24, 2.45) is 0 Å². The molecule has 8 heteroatoms. The third-order valence-electron chi connectivity index (χ3n) is 3.18. The number of benzene rings is 1. The van der Waals surface area contributed by atoms with E-state index >= 15 is 0 Å². The lowest BCUT2D eigenvalue weighted by Crippen LogP contribution is -2.44. The van der Waals surface area contributed by atoms with Gasteiger partial charge in [0.2, 0.25) is 5.91 Å². The molecule has 0 unspecified atom stereocenters. The number of halogens is 2. The molecular weight excluding hydrogens is 308 g/mol. The molecule has 6 nitrogen and oxygen atoms in total. The molecule has 3 amide bonds. The standard InChI is InChI=1S/C15H19F2N3O3/c1-20(9-13(21)19-15(22)18-11-4-5-11)8-10-2-6-12(7-3-10)23-14(16)17/h2-3,6-7,11,14H,4-5,8-9H2,1H3,(H2,18,19,21,22). The number of rotatable bonds is 7. The summed E-state index contributed by atoms with van der Waals surface area (Å²) in [5, 5.41) is 4.93. The molecule has 2 N–H and O–H groups in total. The second kappa shape index (κ2) is 7.87. The van der Waals surface area contributed by atoms with Crippen LogP contribution in [-0.2, 0) is 11.3 Å². The summed E-state index contributed by atoms with van der Waals surface area (Å²) in [6.45, 7) is -2.37. The van der Waals surface area contributed by atoms with Crippen LogP contribution >= 0.6 is 0 Å². The van der Waals surface area contributed by atoms with Crippen LogP contribution in [-0.4, -0.2) is 43.1 Å². The minimum atomic E-state index is -2.85. The monoisotopic (exact) mass is 327 g/mol. The number of amides is 3. The van der Waals surface area contributed by atoms with E-state index in [4.69, 9.17) is 0 Å². The van der Waals surface area contributed by atoms with E-state index in [2.05, 4.69) is 15.4 Å². The van der Waals surface area contributed by atoms with E-state index in [1.165, 1.54) is 12.1 Å². The van der Waals surface area contributed by atoms with E-state index in [0.29, 0.717) is 6.54 Å². The largest absolute Gasteiger partial charge is 0.435 e. The molecule has 0 saturated heterocycles. The van der Waals surface area contributed by atoms with Gasteiger partial charge in [0.25, 0.3) is 0 Å². The Morgan fingerprint density at radius 1 is 1.30 bits per heavy atom. The Morgan fingerprint density at radius 2 is 1.96 bits per heavy atom. The van der Waals surface area contributed by atoms with E-state index < -0.39 is 18.5 Å². The van der Waals surface area contributed by atoms with Crippen molar-refractivity contribution in [1.82, 2.24) is 15.5 Å². The Hall–Kier alpha value is -2.22. The van der Waals surface area contributed by atoms with Gasteiger partial charge in [-0.25, -0.2) is 4.79 Å². The van der Waals surface area contributed by atoms with E-state index in [9.17, 15) is 18.4 Å². The van der Waals surface area contributed by atoms with Gasteiger partial charge in [-0.3, -0.25) is 15.0 Å². The predicted octanol–water partition coefficient (Wildman–Crippen LogP) is 1.71. The summed E-state index contributed by atoms with van der Waals surface area (Å²) in [7, 11) is 1.72. The van der Waals surface area contributed by atoms with Crippen molar-refractivity contribution in [3.05, 3.63) is 29.8 Å². The van der Waals surface area contributed by atoms with E-state index in [1.807, 2.05) is 0 Å². The molecular formula is C15H19F2N3O3. The van der Waals surface area contributed by atoms with Crippen LogP contribution in [0.1, 0.15) is 18.4 Å². The third-order valence-corrected chi connectivity index (χ3v) is 3.18. The van der Waals surface area contributed by atoms with Crippen molar-refractivity contribution < 1.29 is 23.1 Å². The molecule has 23 heavy (non-hydrogen) atoms. The summed E-state index contributed by atoms with van der Waals surface area (Å²) >= 11 is 0. The molecule has 1 aliphatic rings. The smallest absolute Gasteiger partial charge is 0.387 e. The van der Waals surface area contributed by atoms with Gasteiger partial charge in [0.1, 0.15) is 5.75 Å². The summed E-state index contributed by atoms with van der Waals surface area (Å²) < 4.78 is 28.4. The average Bonchev–Trinajstić information content (AvgIpc) is 3.23. The van der Waals surface area contributed by atoms with Gasteiger partial charge in [0, 0.05) is 12.6 Å². The number of hydrogen-bond acceptors (Lipinski definition) is 4. The molecule has 1 saturated carbocycles. The highest BCUT2D eigenvalue weighted by molar-refractivity contribution is 5.95. The highest BCUT2D eigenvalue weighted by Gasteiger charge is 2.24. The van der Waals surface area contributed by atoms with Gasteiger partial charge in [-0.15, -0.1) is 0 Å². The van der Waals surface area contributed by atoms with Crippen molar-refractivity contribution in [2.45, 2.75) is 32.0 Å². The minimum Gasteiger partial charge on any atom is -0.435 e. The van der Waals surface area contributed by atoms with Crippen LogP contribution in [0.2, 0.25) is 0 Å². The molecule has 1 aromatic carbocycles. The highest BCUT2D eigenvalue weighted by Crippen LogP contribution is 2.18. The maximum atomic E-state index is 12.1. The van der Waals surface area contributed by atoms with Gasteiger partial charge in [0.15, 0.2) is 0 Å². The van der Waals surface area contributed by atoms with Crippen LogP contribution in [0.15, 0.2) is 24.3 Å². The van der Waals surface area contributed by atoms with Gasteiger partial charge >= 0.3 is 12.6 Å². The third kappa shape index (κ3) is 6.60. The molecule has 2 rings (SSSR count). The Labute approximate surface area is 132 Å². The summed E-state index contributed by atoms with van der Waals surface area (Å²) in [6, 6.07) is 5.89. The van der Waals surface area contributed by atoms with Crippen LogP contribution in [0, 0.1) is 0 Å². The Kier molecular flexibility index (Phi) is 5.86. The topological polar surface area (TPSA) is 70.7 Å². The number of carbonyl (C=O) groups excluding carboxylic acids is 2. The first-order chi connectivity index (χ1) is 10.9. The van der Waals surface area contributed by atoms with E-state index in [-0.39, 0.29) is 18.3 Å². The fourth-order valence-corrected chi connectivity index (χ4v) is 2.00. The molecule has 0 atom stereocenters. The summed E-state index contributed by atoms with van der Waals surface area (Å²) in [6.07, 6.45) is 1.90. The van der Waals surface area contributed by atoms with Crippen molar-refractivity contribution >= 4 is 11.9 Å². The summed E-state index contributed by atoms with van der Waals surface area (Å²) in [5.74, 6) is -0.316. The first-order valence-corrected chi connectivity index (χ1v) is 7.25. The SMILES string of the molecule is CN(CC(=O)NC(=O)NC1CC1)Cc1ccc(OC(F)F)cc1. The predicted molar refractivity (Wildman–Crippen MR) is 79.1 cm³/mol. The minimum absolute atomic E-state index is 0.0490. The number of alkyl halides is 2. The molecule has 0 heterocycles. The molecule has 1 aromatic rings. The van der Waals surface area contributed by atoms with Crippen LogP contribution in [0.25, 0.3) is 0 Å². The van der Waals surface area contributed by atoms with Crippen molar-refractivity contribution in [1.29, 1.82) is 0 Å². The zero-order valence-corrected chi connectivity index (χ0v) is 12.7. The van der Waals surface area contributed by atoms with Gasteiger partial charge in [-0.05, 0) is 37.6 Å². The van der Waals surface area contributed by atoms with Crippen molar-refractivity contribution in [3.8, 4) is 5.75 Å². The summed E-state index contributed by atoms with van der Waals surface area (Å²) in [4.78, 5) is 24.9. The Morgan fingerprint density at radius 3 is 2.52 bits per heavy atom. The van der Waals surface area contributed by atoms with Crippen LogP contribution < -0.4 is 15.4 Å². The molecule has 126 valence electrons. The molecule has 0 aliphatic heterocycles. The quantitative estimate of drug-likeness (QED) is 0.800. The molecule has 0 bridgehead atoms. The molecule has 1 aliphatic carbocycles. The van der Waals surface area contributed by atoms with Crippen molar-refractivity contribution in [2.75, 3.05) is 13.6 Å². The average molecular weight is 327 g/mol. The summed E-state index contributed by atoms with van der Waals surface area (Å²) in [5.41, 5.74) is 0.837. The van der Waals surface area contributed by atoms with Crippen LogP contribution in [0.3, 0.4) is 0 Å². The number of hydrogen-bond donors (Lipinski definition) is 2. The number of urea groups is 1. The molecule has 0 aromatic heterocycles. The zero-order chi connectivity index (χ0) is 16.8. The maximum absolute atomic E-state index is 12.1. The van der Waals surface area contributed by atoms with E-state index in [1.54, 1.807) is 24.1 Å². The zero-order valence-electron chi connectivity index (χ0n) is 12.7. The fourth-order valence-electron chi connectivity index (χ4n) is 2.00. The van der Waals surface area contributed by atoms with Gasteiger partial charge in [-0.1, -0.05) is 12.1 Å². The fraction of sp³-hybridized carbons (Fsp3) is 0.467. The molecule has 0 spiro atoms. The number of nitrogens with zero attached hydrogens (tertiary/aromatic N) is 1. The second-order valence-corrected chi connectivity index (χ2v) is 5.49. The van der Waals surface area contributed by atoms with Gasteiger partial charge in [-0.2, -0.15) is 8.78 Å². The van der Waals surface area contributed by atoms with Crippen LogP contribution in [0.4, 0.5) is 13.6 Å². The Bertz CT molecular complexity index is 547. The molecule has 0 radical (unpaired) electrons. The van der Waals surface area contributed by atoms with Crippen molar-refractivity contribution in [3.63, 3.8) is 0 Å². The van der Waals surface area contributed by atoms with Crippen LogP contribution in [0.5, 0.6) is 5.75 Å². The lowest BCUT2D eigenvalue weighted by molar-refractivity contribution is -0.121. The lowest BCUT2D eigenvalue weighted by atomic mass is 10.2. The number of likely N-dealkylation sites (N-methyl/N-ethyl adjacent to an activating group) is 1. The van der Waals surface area contributed by atoms with E-state index in [0.717, 1.165) is 18.4 Å². The van der Waals surface area contributed by atoms with Gasteiger partial charge < -0.3 is 10.1 Å². The van der Waals surface area contributed by atoms with Gasteiger partial charge in [0.05, 0.1) is 6.54 Å². The molecule has 1 fully saturated rings. The normalized spacial score (nSPS) is 14.0. The lowest BCUT2D eigenvalue weighted by Gasteiger charge is -2.16. The second-order valence-electron chi connectivity index (χ2n) is 5.49. The first kappa shape index (κ1) is 17.1. The number of carbonyl (C=O) groups is 2.